The Hall–Kier alpha value is -1.41. The minimum absolute atomic E-state index is 0.0605. The Labute approximate surface area is 113 Å². The van der Waals surface area contributed by atoms with Crippen molar-refractivity contribution >= 4 is 22.0 Å². The molecule has 0 spiro atoms. The molecule has 0 fully saturated rings. The highest BCUT2D eigenvalue weighted by molar-refractivity contribution is 7.90. The van der Waals surface area contributed by atoms with Crippen LogP contribution in [-0.2, 0) is 29.1 Å². The Morgan fingerprint density at radius 1 is 1.21 bits per heavy atom. The lowest BCUT2D eigenvalue weighted by molar-refractivity contribution is -0.139. The number of esters is 2. The van der Waals surface area contributed by atoms with E-state index in [-0.39, 0.29) is 13.2 Å². The lowest BCUT2D eigenvalue weighted by Gasteiger charge is -2.09. The lowest BCUT2D eigenvalue weighted by atomic mass is 10.4. The maximum absolute atomic E-state index is 11.4. The van der Waals surface area contributed by atoms with Gasteiger partial charge in [-0.05, 0) is 20.3 Å². The second kappa shape index (κ2) is 8.65. The van der Waals surface area contributed by atoms with E-state index in [4.69, 9.17) is 4.74 Å². The van der Waals surface area contributed by atoms with E-state index in [0.717, 1.165) is 12.2 Å². The van der Waals surface area contributed by atoms with E-state index < -0.39 is 27.2 Å². The van der Waals surface area contributed by atoms with Gasteiger partial charge in [-0.2, -0.15) is 0 Å². The van der Waals surface area contributed by atoms with Crippen LogP contribution in [0.1, 0.15) is 20.3 Å². The predicted molar refractivity (Wildman–Crippen MR) is 68.8 cm³/mol. The Balaban J connectivity index is 3.79. The van der Waals surface area contributed by atoms with Crippen LogP contribution in [0.15, 0.2) is 12.2 Å². The number of carbonyl (C=O) groups is 2. The first-order valence-corrected chi connectivity index (χ1v) is 7.25. The summed E-state index contributed by atoms with van der Waals surface area (Å²) in [4.78, 5) is 21.7. The molecular formula is C11H19NO6S. The van der Waals surface area contributed by atoms with Gasteiger partial charge >= 0.3 is 11.9 Å². The fraction of sp³-hybridized carbons (Fsp3) is 0.636. The topological polar surface area (TPSA) is 98.8 Å². The van der Waals surface area contributed by atoms with Crippen molar-refractivity contribution in [3.63, 3.8) is 0 Å². The molecule has 0 unspecified atom stereocenters. The smallest absolute Gasteiger partial charge is 0.331 e. The van der Waals surface area contributed by atoms with Crippen LogP contribution in [0.2, 0.25) is 0 Å². The number of hydrogen-bond donors (Lipinski definition) is 1. The standard InChI is InChI=1S/C11H19NO6S/c1-9(2)19(15,16)12-7-4-8-18-11(14)6-5-10(13)17-3/h5-6,9,12H,4,7-8H2,1-3H3/b6-5+. The van der Waals surface area contributed by atoms with Crippen LogP contribution < -0.4 is 4.72 Å². The molecule has 0 amide bonds. The van der Waals surface area contributed by atoms with E-state index in [0.29, 0.717) is 6.42 Å². The zero-order valence-electron chi connectivity index (χ0n) is 11.2. The maximum Gasteiger partial charge on any atom is 0.331 e. The molecule has 0 heterocycles. The molecule has 0 atom stereocenters. The van der Waals surface area contributed by atoms with Gasteiger partial charge in [-0.1, -0.05) is 0 Å². The second-order valence-corrected chi connectivity index (χ2v) is 6.19. The molecule has 0 aromatic rings. The molecule has 19 heavy (non-hydrogen) atoms. The molecule has 110 valence electrons. The number of methoxy groups -OCH3 is 1. The number of rotatable bonds is 8. The number of ether oxygens (including phenoxy) is 2. The van der Waals surface area contributed by atoms with Crippen molar-refractivity contribution in [1.29, 1.82) is 0 Å². The third-order valence-electron chi connectivity index (χ3n) is 2.05. The summed E-state index contributed by atoms with van der Waals surface area (Å²) in [6.07, 6.45) is 2.25. The molecule has 8 heteroatoms. The predicted octanol–water partition coefficient (Wildman–Crippen LogP) is -0.0233. The van der Waals surface area contributed by atoms with Crippen molar-refractivity contribution in [3.8, 4) is 0 Å². The summed E-state index contributed by atoms with van der Waals surface area (Å²) >= 11 is 0. The molecule has 0 saturated heterocycles. The van der Waals surface area contributed by atoms with Crippen LogP contribution in [0.3, 0.4) is 0 Å². The maximum atomic E-state index is 11.4. The second-order valence-electron chi connectivity index (χ2n) is 3.87. The molecule has 0 aromatic carbocycles. The highest BCUT2D eigenvalue weighted by Crippen LogP contribution is 1.96. The van der Waals surface area contributed by atoms with Gasteiger partial charge in [-0.15, -0.1) is 0 Å². The monoisotopic (exact) mass is 293 g/mol. The third-order valence-corrected chi connectivity index (χ3v) is 3.89. The van der Waals surface area contributed by atoms with Crippen molar-refractivity contribution in [3.05, 3.63) is 12.2 Å². The van der Waals surface area contributed by atoms with Crippen LogP contribution in [0.25, 0.3) is 0 Å². The summed E-state index contributed by atoms with van der Waals surface area (Å²) in [5.41, 5.74) is 0. The van der Waals surface area contributed by atoms with E-state index in [1.807, 2.05) is 0 Å². The van der Waals surface area contributed by atoms with Gasteiger partial charge in [-0.3, -0.25) is 0 Å². The first-order valence-electron chi connectivity index (χ1n) is 5.71. The van der Waals surface area contributed by atoms with Gasteiger partial charge in [0, 0.05) is 18.7 Å². The number of carbonyl (C=O) groups excluding carboxylic acids is 2. The van der Waals surface area contributed by atoms with Crippen LogP contribution in [-0.4, -0.2) is 45.9 Å². The Bertz CT molecular complexity index is 426. The quantitative estimate of drug-likeness (QED) is 0.383. The molecule has 0 saturated carbocycles. The van der Waals surface area contributed by atoms with Crippen molar-refractivity contribution < 1.29 is 27.5 Å². The van der Waals surface area contributed by atoms with Crippen LogP contribution >= 0.6 is 0 Å². The Morgan fingerprint density at radius 2 is 1.79 bits per heavy atom. The first-order chi connectivity index (χ1) is 8.79. The molecule has 0 aliphatic heterocycles. The zero-order valence-corrected chi connectivity index (χ0v) is 12.0. The van der Waals surface area contributed by atoms with E-state index >= 15 is 0 Å². The van der Waals surface area contributed by atoms with Crippen molar-refractivity contribution in [2.75, 3.05) is 20.3 Å². The highest BCUT2D eigenvalue weighted by Gasteiger charge is 2.14. The van der Waals surface area contributed by atoms with Gasteiger partial charge < -0.3 is 9.47 Å². The summed E-state index contributed by atoms with van der Waals surface area (Å²) in [6.45, 7) is 3.39. The summed E-state index contributed by atoms with van der Waals surface area (Å²) in [5.74, 6) is -1.33. The summed E-state index contributed by atoms with van der Waals surface area (Å²) in [5, 5.41) is -0.502. The molecule has 0 aliphatic rings. The SMILES string of the molecule is COC(=O)/C=C/C(=O)OCCCNS(=O)(=O)C(C)C. The fourth-order valence-electron chi connectivity index (χ4n) is 0.878. The van der Waals surface area contributed by atoms with Crippen molar-refractivity contribution in [1.82, 2.24) is 4.72 Å². The average molecular weight is 293 g/mol. The normalized spacial score (nSPS) is 11.8. The molecule has 0 rings (SSSR count). The molecular weight excluding hydrogens is 274 g/mol. The van der Waals surface area contributed by atoms with Gasteiger partial charge in [-0.25, -0.2) is 22.7 Å². The fourth-order valence-corrected chi connectivity index (χ4v) is 1.64. The van der Waals surface area contributed by atoms with Gasteiger partial charge in [0.2, 0.25) is 10.0 Å². The summed E-state index contributed by atoms with van der Waals surface area (Å²) in [6, 6.07) is 0. The number of nitrogens with one attached hydrogen (secondary N) is 1. The lowest BCUT2D eigenvalue weighted by Crippen LogP contribution is -2.32. The molecule has 0 aromatic heterocycles. The Kier molecular flexibility index (Phi) is 8.01. The zero-order chi connectivity index (χ0) is 14.9. The molecule has 0 bridgehead atoms. The van der Waals surface area contributed by atoms with Gasteiger partial charge in [0.1, 0.15) is 0 Å². The van der Waals surface area contributed by atoms with Crippen LogP contribution in [0.5, 0.6) is 0 Å². The number of sulfonamides is 1. The average Bonchev–Trinajstić information content (AvgIpc) is 2.35. The minimum Gasteiger partial charge on any atom is -0.466 e. The molecule has 0 radical (unpaired) electrons. The van der Waals surface area contributed by atoms with E-state index in [1.54, 1.807) is 13.8 Å². The molecule has 1 N–H and O–H groups in total. The first kappa shape index (κ1) is 17.6. The van der Waals surface area contributed by atoms with Gasteiger partial charge in [0.05, 0.1) is 19.0 Å². The highest BCUT2D eigenvalue weighted by atomic mass is 32.2. The van der Waals surface area contributed by atoms with Crippen molar-refractivity contribution in [2.24, 2.45) is 0 Å². The minimum atomic E-state index is -3.29. The molecule has 0 aliphatic carbocycles. The summed E-state index contributed by atoms with van der Waals surface area (Å²) in [7, 11) is -2.10. The van der Waals surface area contributed by atoms with Crippen LogP contribution in [0.4, 0.5) is 0 Å². The third kappa shape index (κ3) is 8.33. The summed E-state index contributed by atoms with van der Waals surface area (Å²) < 4.78 is 34.1. The van der Waals surface area contributed by atoms with Gasteiger partial charge in [0.25, 0.3) is 0 Å². The molecule has 7 nitrogen and oxygen atoms in total. The Morgan fingerprint density at radius 3 is 2.32 bits per heavy atom. The largest absolute Gasteiger partial charge is 0.466 e. The number of hydrogen-bond acceptors (Lipinski definition) is 6. The van der Waals surface area contributed by atoms with Crippen LogP contribution in [0, 0.1) is 0 Å². The van der Waals surface area contributed by atoms with Gasteiger partial charge in [0.15, 0.2) is 0 Å². The van der Waals surface area contributed by atoms with E-state index in [1.165, 1.54) is 7.11 Å². The van der Waals surface area contributed by atoms with E-state index in [2.05, 4.69) is 9.46 Å². The van der Waals surface area contributed by atoms with E-state index in [9.17, 15) is 18.0 Å². The van der Waals surface area contributed by atoms with Crippen molar-refractivity contribution in [2.45, 2.75) is 25.5 Å².